The molecule has 5 N–H and O–H groups in total. The third-order valence-corrected chi connectivity index (χ3v) is 2.18. The van der Waals surface area contributed by atoms with Gasteiger partial charge < -0.3 is 25.5 Å². The van der Waals surface area contributed by atoms with Gasteiger partial charge in [0, 0.05) is 0 Å². The molecule has 2 atom stereocenters. The summed E-state index contributed by atoms with van der Waals surface area (Å²) in [6, 6.07) is 0. The summed E-state index contributed by atoms with van der Waals surface area (Å²) >= 11 is 1.52. The first kappa shape index (κ1) is 19.0. The SMILES string of the molecule is CSCCC(O)C(=O)O.O=C(O)CC(O)C(=O)O. The highest BCUT2D eigenvalue weighted by Crippen LogP contribution is 1.99. The van der Waals surface area contributed by atoms with E-state index in [-0.39, 0.29) is 0 Å². The minimum absolute atomic E-state index is 0.330. The molecule has 0 aromatic heterocycles. The number of rotatable bonds is 7. The number of aliphatic carboxylic acids is 3. The molecule has 0 saturated carbocycles. The molecule has 0 radical (unpaired) electrons. The first-order valence-corrected chi connectivity index (χ1v) is 6.14. The van der Waals surface area contributed by atoms with E-state index in [9.17, 15) is 14.4 Å². The van der Waals surface area contributed by atoms with Gasteiger partial charge in [0.2, 0.25) is 0 Å². The lowest BCUT2D eigenvalue weighted by atomic mass is 10.3. The van der Waals surface area contributed by atoms with E-state index in [4.69, 9.17) is 25.5 Å². The van der Waals surface area contributed by atoms with Crippen LogP contribution in [0.2, 0.25) is 0 Å². The fourth-order valence-corrected chi connectivity index (χ4v) is 1.06. The van der Waals surface area contributed by atoms with Gasteiger partial charge in [0.05, 0.1) is 6.42 Å². The molecule has 0 aliphatic carbocycles. The molecule has 0 aliphatic heterocycles. The number of hydrogen-bond donors (Lipinski definition) is 5. The van der Waals surface area contributed by atoms with Crippen LogP contribution in [0.15, 0.2) is 0 Å². The number of carbonyl (C=O) groups is 3. The maximum absolute atomic E-state index is 9.95. The normalized spacial score (nSPS) is 12.8. The second-order valence-corrected chi connectivity index (χ2v) is 4.07. The fourth-order valence-electron chi connectivity index (χ4n) is 0.606. The van der Waals surface area contributed by atoms with Gasteiger partial charge in [-0.2, -0.15) is 11.8 Å². The standard InChI is InChI=1S/C5H10O3S.C4H6O5/c1-9-3-2-4(6)5(7)8;5-2(4(8)9)1-3(6)7/h4,6H,2-3H2,1H3,(H,7,8);2,5H,1H2,(H,6,7)(H,8,9). The predicted molar refractivity (Wildman–Crippen MR) is 62.5 cm³/mol. The highest BCUT2D eigenvalue weighted by Gasteiger charge is 2.16. The minimum atomic E-state index is -1.79. The third-order valence-electron chi connectivity index (χ3n) is 1.53. The van der Waals surface area contributed by atoms with Gasteiger partial charge in [-0.15, -0.1) is 0 Å². The van der Waals surface area contributed by atoms with Crippen LogP contribution in [0.25, 0.3) is 0 Å². The molecular formula is C9H16O8S. The Morgan fingerprint density at radius 3 is 1.67 bits per heavy atom. The summed E-state index contributed by atoms with van der Waals surface area (Å²) in [6.07, 6.45) is -1.53. The Labute approximate surface area is 107 Å². The molecule has 2 unspecified atom stereocenters. The molecule has 0 amide bonds. The molecule has 0 heterocycles. The number of carboxylic acid groups (broad SMARTS) is 3. The lowest BCUT2D eigenvalue weighted by Crippen LogP contribution is -2.22. The van der Waals surface area contributed by atoms with Crippen molar-refractivity contribution in [1.82, 2.24) is 0 Å². The van der Waals surface area contributed by atoms with Crippen molar-refractivity contribution >= 4 is 29.7 Å². The number of aliphatic hydroxyl groups excluding tert-OH is 2. The van der Waals surface area contributed by atoms with Gasteiger partial charge in [0.1, 0.15) is 0 Å². The second-order valence-electron chi connectivity index (χ2n) is 3.09. The van der Waals surface area contributed by atoms with Crippen LogP contribution in [0.3, 0.4) is 0 Å². The monoisotopic (exact) mass is 284 g/mol. The maximum Gasteiger partial charge on any atom is 0.333 e. The highest BCUT2D eigenvalue weighted by molar-refractivity contribution is 7.98. The fraction of sp³-hybridized carbons (Fsp3) is 0.667. The van der Waals surface area contributed by atoms with Crippen LogP contribution in [0, 0.1) is 0 Å². The molecule has 9 heteroatoms. The van der Waals surface area contributed by atoms with Crippen molar-refractivity contribution in [2.75, 3.05) is 12.0 Å². The summed E-state index contributed by atoms with van der Waals surface area (Å²) in [5, 5.41) is 40.9. The van der Waals surface area contributed by atoms with E-state index in [2.05, 4.69) is 0 Å². The van der Waals surface area contributed by atoms with Crippen molar-refractivity contribution in [3.8, 4) is 0 Å². The van der Waals surface area contributed by atoms with Crippen LogP contribution in [0.5, 0.6) is 0 Å². The molecule has 18 heavy (non-hydrogen) atoms. The van der Waals surface area contributed by atoms with Crippen LogP contribution in [0.1, 0.15) is 12.8 Å². The van der Waals surface area contributed by atoms with Gasteiger partial charge >= 0.3 is 17.9 Å². The molecular weight excluding hydrogens is 268 g/mol. The molecule has 0 fully saturated rings. The Morgan fingerprint density at radius 1 is 1.00 bits per heavy atom. The summed E-state index contributed by atoms with van der Waals surface area (Å²) in [5.74, 6) is -3.29. The zero-order valence-corrected chi connectivity index (χ0v) is 10.5. The van der Waals surface area contributed by atoms with Crippen molar-refractivity contribution in [3.63, 3.8) is 0 Å². The Balaban J connectivity index is 0. The van der Waals surface area contributed by atoms with Gasteiger partial charge in [-0.05, 0) is 18.4 Å². The second kappa shape index (κ2) is 10.8. The lowest BCUT2D eigenvalue weighted by molar-refractivity contribution is -0.152. The van der Waals surface area contributed by atoms with Crippen molar-refractivity contribution in [3.05, 3.63) is 0 Å². The van der Waals surface area contributed by atoms with Crippen LogP contribution >= 0.6 is 11.8 Å². The van der Waals surface area contributed by atoms with Crippen LogP contribution in [-0.2, 0) is 14.4 Å². The molecule has 0 aliphatic rings. The average molecular weight is 284 g/mol. The van der Waals surface area contributed by atoms with Crippen LogP contribution in [-0.4, -0.2) is 67.7 Å². The highest BCUT2D eigenvalue weighted by atomic mass is 32.2. The zero-order valence-electron chi connectivity index (χ0n) is 9.65. The van der Waals surface area contributed by atoms with E-state index in [0.29, 0.717) is 12.2 Å². The Bertz CT molecular complexity index is 280. The van der Waals surface area contributed by atoms with Crippen molar-refractivity contribution < 1.29 is 39.9 Å². The summed E-state index contributed by atoms with van der Waals surface area (Å²) in [4.78, 5) is 29.4. The molecule has 0 bridgehead atoms. The maximum atomic E-state index is 9.95. The minimum Gasteiger partial charge on any atom is -0.481 e. The van der Waals surface area contributed by atoms with E-state index in [1.807, 2.05) is 6.26 Å². The summed E-state index contributed by atoms with van der Waals surface area (Å²) in [7, 11) is 0. The van der Waals surface area contributed by atoms with Crippen molar-refractivity contribution in [2.45, 2.75) is 25.0 Å². The Hall–Kier alpha value is -1.32. The summed E-state index contributed by atoms with van der Waals surface area (Å²) in [6.45, 7) is 0. The van der Waals surface area contributed by atoms with Gasteiger partial charge in [-0.25, -0.2) is 9.59 Å². The smallest absolute Gasteiger partial charge is 0.333 e. The Kier molecular flexibility index (Phi) is 11.4. The van der Waals surface area contributed by atoms with Crippen LogP contribution < -0.4 is 0 Å². The van der Waals surface area contributed by atoms with E-state index in [1.165, 1.54) is 11.8 Å². The third kappa shape index (κ3) is 12.7. The predicted octanol–water partition coefficient (Wildman–Crippen LogP) is -0.908. The van der Waals surface area contributed by atoms with Gasteiger partial charge in [0.15, 0.2) is 12.2 Å². The quantitative estimate of drug-likeness (QED) is 0.400. The molecule has 0 rings (SSSR count). The van der Waals surface area contributed by atoms with Crippen molar-refractivity contribution in [2.24, 2.45) is 0 Å². The van der Waals surface area contributed by atoms with E-state index in [0.717, 1.165) is 0 Å². The zero-order chi connectivity index (χ0) is 14.7. The largest absolute Gasteiger partial charge is 0.481 e. The van der Waals surface area contributed by atoms with E-state index >= 15 is 0 Å². The summed E-state index contributed by atoms with van der Waals surface area (Å²) < 4.78 is 0. The first-order chi connectivity index (χ1) is 8.22. The first-order valence-electron chi connectivity index (χ1n) is 4.74. The molecule has 8 nitrogen and oxygen atoms in total. The lowest BCUT2D eigenvalue weighted by Gasteiger charge is -2.01. The van der Waals surface area contributed by atoms with Gasteiger partial charge in [0.25, 0.3) is 0 Å². The topological polar surface area (TPSA) is 152 Å². The number of thioether (sulfide) groups is 1. The molecule has 0 aromatic carbocycles. The van der Waals surface area contributed by atoms with Gasteiger partial charge in [-0.1, -0.05) is 0 Å². The van der Waals surface area contributed by atoms with E-state index < -0.39 is 36.5 Å². The number of aliphatic hydroxyl groups is 2. The van der Waals surface area contributed by atoms with Crippen molar-refractivity contribution in [1.29, 1.82) is 0 Å². The molecule has 0 saturated heterocycles. The molecule has 106 valence electrons. The number of carboxylic acids is 3. The number of hydrogen-bond acceptors (Lipinski definition) is 6. The van der Waals surface area contributed by atoms with Crippen LogP contribution in [0.4, 0.5) is 0 Å². The Morgan fingerprint density at radius 2 is 1.44 bits per heavy atom. The average Bonchev–Trinajstić information content (AvgIpc) is 2.25. The summed E-state index contributed by atoms with van der Waals surface area (Å²) in [5.41, 5.74) is 0. The molecule has 0 spiro atoms. The molecule has 0 aromatic rings. The van der Waals surface area contributed by atoms with Gasteiger partial charge in [-0.3, -0.25) is 4.79 Å². The van der Waals surface area contributed by atoms with E-state index in [1.54, 1.807) is 0 Å².